The highest BCUT2D eigenvalue weighted by Gasteiger charge is 1.96. The van der Waals surface area contributed by atoms with E-state index in [0.717, 1.165) is 11.3 Å². The molecule has 0 saturated carbocycles. The van der Waals surface area contributed by atoms with Gasteiger partial charge in [0.1, 0.15) is 0 Å². The standard InChI is InChI=1S/C14H16N2S.C2H6/c1-5-13(8-7-11(3)9-15)14(6-2)16-10-12(4)17;1-2/h5-8,10,17H,1,4H2,2-3H3;1-2H3/b11-7+,13-8+,14-6-,16-10?;. The summed E-state index contributed by atoms with van der Waals surface area (Å²) in [5.41, 5.74) is 2.23. The number of aliphatic imine (C=N–C) groups is 1. The summed E-state index contributed by atoms with van der Waals surface area (Å²) in [7, 11) is 0. The lowest BCUT2D eigenvalue weighted by atomic mass is 10.1. The first kappa shape index (κ1) is 19.5. The van der Waals surface area contributed by atoms with Gasteiger partial charge in [0, 0.05) is 16.7 Å². The maximum Gasteiger partial charge on any atom is 0.0944 e. The molecule has 0 fully saturated rings. The number of rotatable bonds is 5. The van der Waals surface area contributed by atoms with Gasteiger partial charge in [0.05, 0.1) is 11.8 Å². The average Bonchev–Trinajstić information content (AvgIpc) is 2.43. The molecular formula is C16H22N2S. The molecule has 0 rings (SSSR count). The molecule has 2 nitrogen and oxygen atoms in total. The van der Waals surface area contributed by atoms with Crippen molar-refractivity contribution in [2.75, 3.05) is 0 Å². The topological polar surface area (TPSA) is 36.1 Å². The molecule has 0 spiro atoms. The predicted molar refractivity (Wildman–Crippen MR) is 89.4 cm³/mol. The molecule has 0 N–H and O–H groups in total. The molecule has 0 radical (unpaired) electrons. The number of hydrogen-bond acceptors (Lipinski definition) is 3. The molecule has 0 heterocycles. The monoisotopic (exact) mass is 274 g/mol. The van der Waals surface area contributed by atoms with Crippen LogP contribution in [0.4, 0.5) is 0 Å². The second kappa shape index (κ2) is 12.7. The van der Waals surface area contributed by atoms with Gasteiger partial charge in [0.2, 0.25) is 0 Å². The highest BCUT2D eigenvalue weighted by molar-refractivity contribution is 7.85. The van der Waals surface area contributed by atoms with Crippen molar-refractivity contribution in [1.29, 1.82) is 5.26 Å². The average molecular weight is 274 g/mol. The fraction of sp³-hybridized carbons (Fsp3) is 0.250. The minimum absolute atomic E-state index is 0.580. The van der Waals surface area contributed by atoms with E-state index in [1.807, 2.05) is 32.9 Å². The molecule has 0 aromatic heterocycles. The van der Waals surface area contributed by atoms with Crippen LogP contribution in [0.5, 0.6) is 0 Å². The molecule has 0 aromatic carbocycles. The van der Waals surface area contributed by atoms with Crippen molar-refractivity contribution in [3.63, 3.8) is 0 Å². The zero-order chi connectivity index (χ0) is 15.3. The molecule has 0 saturated heterocycles. The molecule has 102 valence electrons. The summed E-state index contributed by atoms with van der Waals surface area (Å²) in [5, 5.41) is 8.65. The lowest BCUT2D eigenvalue weighted by Gasteiger charge is -2.01. The molecular weight excluding hydrogens is 252 g/mol. The fourth-order valence-corrected chi connectivity index (χ4v) is 1.03. The van der Waals surface area contributed by atoms with Crippen molar-refractivity contribution in [1.82, 2.24) is 0 Å². The van der Waals surface area contributed by atoms with Gasteiger partial charge < -0.3 is 0 Å². The quantitative estimate of drug-likeness (QED) is 0.325. The Hall–Kier alpha value is -1.79. The van der Waals surface area contributed by atoms with Gasteiger partial charge >= 0.3 is 0 Å². The van der Waals surface area contributed by atoms with Gasteiger partial charge in [-0.15, -0.1) is 12.6 Å². The van der Waals surface area contributed by atoms with E-state index in [1.165, 1.54) is 0 Å². The maximum absolute atomic E-state index is 8.65. The Morgan fingerprint density at radius 2 is 1.89 bits per heavy atom. The molecule has 0 aliphatic rings. The predicted octanol–water partition coefficient (Wildman–Crippen LogP) is 5.01. The summed E-state index contributed by atoms with van der Waals surface area (Å²) in [6.07, 6.45) is 8.65. The van der Waals surface area contributed by atoms with Crippen LogP contribution in [0.1, 0.15) is 27.7 Å². The number of hydrogen-bond donors (Lipinski definition) is 1. The van der Waals surface area contributed by atoms with E-state index in [-0.39, 0.29) is 0 Å². The zero-order valence-corrected chi connectivity index (χ0v) is 13.0. The summed E-state index contributed by atoms with van der Waals surface area (Å²) in [4.78, 5) is 4.81. The highest BCUT2D eigenvalue weighted by atomic mass is 32.1. The van der Waals surface area contributed by atoms with E-state index in [0.29, 0.717) is 10.5 Å². The van der Waals surface area contributed by atoms with E-state index in [2.05, 4.69) is 30.8 Å². The Kier molecular flexibility index (Phi) is 13.0. The summed E-state index contributed by atoms with van der Waals surface area (Å²) >= 11 is 4.04. The van der Waals surface area contributed by atoms with Crippen LogP contribution in [0.2, 0.25) is 0 Å². The van der Waals surface area contributed by atoms with E-state index in [9.17, 15) is 0 Å². The largest absolute Gasteiger partial charge is 0.255 e. The van der Waals surface area contributed by atoms with Crippen molar-refractivity contribution < 1.29 is 0 Å². The molecule has 0 aromatic rings. The van der Waals surface area contributed by atoms with Gasteiger partial charge in [0.25, 0.3) is 0 Å². The van der Waals surface area contributed by atoms with Gasteiger partial charge in [-0.05, 0) is 25.5 Å². The van der Waals surface area contributed by atoms with Crippen LogP contribution < -0.4 is 0 Å². The Labute approximate surface area is 122 Å². The van der Waals surface area contributed by atoms with Crippen LogP contribution in [0.15, 0.2) is 64.2 Å². The normalized spacial score (nSPS) is 12.5. The summed E-state index contributed by atoms with van der Waals surface area (Å²) in [6, 6.07) is 2.05. The molecule has 0 bridgehead atoms. The van der Waals surface area contributed by atoms with Crippen LogP contribution in [0.25, 0.3) is 0 Å². The first-order valence-electron chi connectivity index (χ1n) is 6.04. The SMILES string of the molecule is C=CC(=C\C=C(/C)C#N)/C(=C/C)N=CC(=C)S.CC. The smallest absolute Gasteiger partial charge is 0.0944 e. The molecule has 3 heteroatoms. The molecule has 19 heavy (non-hydrogen) atoms. The Bertz CT molecular complexity index is 458. The number of nitrogens with zero attached hydrogens (tertiary/aromatic N) is 2. The van der Waals surface area contributed by atoms with Crippen molar-refractivity contribution in [2.45, 2.75) is 27.7 Å². The van der Waals surface area contributed by atoms with Gasteiger partial charge in [0.15, 0.2) is 0 Å². The van der Waals surface area contributed by atoms with Gasteiger partial charge in [-0.25, -0.2) is 0 Å². The van der Waals surface area contributed by atoms with E-state index < -0.39 is 0 Å². The fourth-order valence-electron chi connectivity index (χ4n) is 0.970. The number of nitriles is 1. The third-order valence-electron chi connectivity index (χ3n) is 1.83. The summed E-state index contributed by atoms with van der Waals surface area (Å²) in [5.74, 6) is 0. The minimum Gasteiger partial charge on any atom is -0.255 e. The molecule has 0 atom stereocenters. The third-order valence-corrected chi connectivity index (χ3v) is 1.95. The van der Waals surface area contributed by atoms with Crippen molar-refractivity contribution >= 4 is 18.8 Å². The van der Waals surface area contributed by atoms with Crippen LogP contribution >= 0.6 is 12.6 Å². The second-order valence-corrected chi connectivity index (χ2v) is 3.79. The minimum atomic E-state index is 0.580. The highest BCUT2D eigenvalue weighted by Crippen LogP contribution is 2.13. The van der Waals surface area contributed by atoms with Crippen molar-refractivity contribution in [3.8, 4) is 6.07 Å². The van der Waals surface area contributed by atoms with E-state index in [1.54, 1.807) is 31.4 Å². The molecule has 0 unspecified atom stereocenters. The second-order valence-electron chi connectivity index (χ2n) is 3.21. The summed E-state index contributed by atoms with van der Waals surface area (Å²) in [6.45, 7) is 15.0. The molecule has 0 aliphatic heterocycles. The molecule has 0 aliphatic carbocycles. The maximum atomic E-state index is 8.65. The third kappa shape index (κ3) is 9.87. The van der Waals surface area contributed by atoms with Crippen molar-refractivity contribution in [3.05, 3.63) is 59.2 Å². The van der Waals surface area contributed by atoms with E-state index >= 15 is 0 Å². The first-order chi connectivity index (χ1) is 9.04. The van der Waals surface area contributed by atoms with Crippen LogP contribution in [-0.2, 0) is 0 Å². The summed E-state index contributed by atoms with van der Waals surface area (Å²) < 4.78 is 0. The Balaban J connectivity index is 0. The number of allylic oxidation sites excluding steroid dienone is 6. The zero-order valence-electron chi connectivity index (χ0n) is 12.1. The first-order valence-corrected chi connectivity index (χ1v) is 6.49. The Morgan fingerprint density at radius 1 is 1.32 bits per heavy atom. The van der Waals surface area contributed by atoms with Gasteiger partial charge in [-0.3, -0.25) is 4.99 Å². The molecule has 0 amide bonds. The lowest BCUT2D eigenvalue weighted by molar-refractivity contribution is 1.33. The van der Waals surface area contributed by atoms with Gasteiger partial charge in [-0.1, -0.05) is 45.2 Å². The van der Waals surface area contributed by atoms with Gasteiger partial charge in [-0.2, -0.15) is 5.26 Å². The van der Waals surface area contributed by atoms with Crippen LogP contribution in [-0.4, -0.2) is 6.21 Å². The van der Waals surface area contributed by atoms with Crippen molar-refractivity contribution in [2.24, 2.45) is 4.99 Å². The van der Waals surface area contributed by atoms with Crippen LogP contribution in [0, 0.1) is 11.3 Å². The van der Waals surface area contributed by atoms with Crippen LogP contribution in [0.3, 0.4) is 0 Å². The number of thiol groups is 1. The Morgan fingerprint density at radius 3 is 2.26 bits per heavy atom. The lowest BCUT2D eigenvalue weighted by Crippen LogP contribution is -1.84. The van der Waals surface area contributed by atoms with E-state index in [4.69, 9.17) is 5.26 Å².